The van der Waals surface area contributed by atoms with Crippen LogP contribution in [0.5, 0.6) is 5.75 Å². The van der Waals surface area contributed by atoms with Gasteiger partial charge in [-0.25, -0.2) is 4.79 Å². The van der Waals surface area contributed by atoms with Crippen molar-refractivity contribution < 1.29 is 9.90 Å². The maximum absolute atomic E-state index is 12.3. The maximum atomic E-state index is 12.3. The van der Waals surface area contributed by atoms with Crippen LogP contribution in [0, 0.1) is 0 Å². The van der Waals surface area contributed by atoms with Gasteiger partial charge < -0.3 is 15.7 Å². The number of allylic oxidation sites excluding steroid dienone is 1. The molecule has 24 heavy (non-hydrogen) atoms. The van der Waals surface area contributed by atoms with Gasteiger partial charge >= 0.3 is 6.03 Å². The molecule has 0 aliphatic heterocycles. The van der Waals surface area contributed by atoms with Crippen molar-refractivity contribution in [3.8, 4) is 5.75 Å². The Balaban J connectivity index is 2.13. The Bertz CT molecular complexity index is 785. The molecule has 0 heterocycles. The van der Waals surface area contributed by atoms with Crippen molar-refractivity contribution in [1.82, 2.24) is 5.32 Å². The normalized spacial score (nSPS) is 11.0. The Hall–Kier alpha value is -2.46. The van der Waals surface area contributed by atoms with Gasteiger partial charge in [0.05, 0.1) is 10.6 Å². The minimum absolute atomic E-state index is 0.0807. The molecule has 0 aliphatic rings. The second-order valence-corrected chi connectivity index (χ2v) is 6.64. The number of anilines is 1. The molecular weight excluding hydrogens is 324 g/mol. The molecule has 0 aliphatic carbocycles. The van der Waals surface area contributed by atoms with Crippen molar-refractivity contribution in [3.05, 3.63) is 65.2 Å². The van der Waals surface area contributed by atoms with E-state index in [0.717, 1.165) is 16.7 Å². The second-order valence-electron chi connectivity index (χ2n) is 6.23. The molecule has 2 rings (SSSR count). The van der Waals surface area contributed by atoms with Crippen LogP contribution in [-0.4, -0.2) is 11.1 Å². The van der Waals surface area contributed by atoms with Gasteiger partial charge in [-0.1, -0.05) is 42.0 Å². The Morgan fingerprint density at radius 2 is 1.92 bits per heavy atom. The highest BCUT2D eigenvalue weighted by Gasteiger charge is 2.23. The van der Waals surface area contributed by atoms with Crippen LogP contribution < -0.4 is 10.6 Å². The lowest BCUT2D eigenvalue weighted by Gasteiger charge is -2.27. The molecule has 5 heteroatoms. The fourth-order valence-corrected chi connectivity index (χ4v) is 2.40. The third kappa shape index (κ3) is 4.30. The number of urea groups is 1. The van der Waals surface area contributed by atoms with E-state index in [0.29, 0.717) is 5.69 Å². The molecule has 0 unspecified atom stereocenters. The van der Waals surface area contributed by atoms with Crippen LogP contribution in [0.1, 0.15) is 31.9 Å². The van der Waals surface area contributed by atoms with Gasteiger partial charge in [0.2, 0.25) is 0 Å². The number of nitrogens with one attached hydrogen (secondary N) is 2. The molecular formula is C19H21ClN2O2. The van der Waals surface area contributed by atoms with E-state index in [4.69, 9.17) is 11.6 Å². The fraction of sp³-hybridized carbons (Fsp3) is 0.211. The number of benzene rings is 2. The van der Waals surface area contributed by atoms with E-state index in [2.05, 4.69) is 17.2 Å². The minimum Gasteiger partial charge on any atom is -0.506 e. The van der Waals surface area contributed by atoms with Gasteiger partial charge in [0, 0.05) is 11.8 Å². The smallest absolute Gasteiger partial charge is 0.319 e. The first-order valence-electron chi connectivity index (χ1n) is 7.53. The lowest BCUT2D eigenvalue weighted by molar-refractivity contribution is 0.242. The first-order valence-corrected chi connectivity index (χ1v) is 7.91. The van der Waals surface area contributed by atoms with Crippen LogP contribution >= 0.6 is 11.6 Å². The summed E-state index contributed by atoms with van der Waals surface area (Å²) in [6.45, 7) is 9.73. The Morgan fingerprint density at radius 3 is 2.54 bits per heavy atom. The Morgan fingerprint density at radius 1 is 1.21 bits per heavy atom. The van der Waals surface area contributed by atoms with Crippen molar-refractivity contribution >= 4 is 28.9 Å². The van der Waals surface area contributed by atoms with E-state index in [9.17, 15) is 9.90 Å². The average molecular weight is 345 g/mol. The number of rotatable bonds is 4. The van der Waals surface area contributed by atoms with Gasteiger partial charge in [0.25, 0.3) is 0 Å². The summed E-state index contributed by atoms with van der Waals surface area (Å²) < 4.78 is 0. The van der Waals surface area contributed by atoms with Crippen molar-refractivity contribution in [2.45, 2.75) is 26.3 Å². The number of phenols is 1. The average Bonchev–Trinajstić information content (AvgIpc) is 2.50. The molecule has 3 N–H and O–H groups in total. The molecule has 0 fully saturated rings. The lowest BCUT2D eigenvalue weighted by atomic mass is 9.92. The predicted molar refractivity (Wildman–Crippen MR) is 99.4 cm³/mol. The summed E-state index contributed by atoms with van der Waals surface area (Å²) in [4.78, 5) is 12.3. The highest BCUT2D eigenvalue weighted by Crippen LogP contribution is 2.27. The topological polar surface area (TPSA) is 61.4 Å². The number of phenolic OH excluding ortho intramolecular Hbond substituents is 1. The van der Waals surface area contributed by atoms with Crippen LogP contribution in [0.15, 0.2) is 49.0 Å². The zero-order valence-corrected chi connectivity index (χ0v) is 14.7. The number of hydrogen-bond donors (Lipinski definition) is 3. The SMILES string of the molecule is C=C(C)c1cccc(C(C)(C)NC(=O)Nc2ccc(Cl)c(O)c2)c1. The van der Waals surface area contributed by atoms with E-state index >= 15 is 0 Å². The summed E-state index contributed by atoms with van der Waals surface area (Å²) >= 11 is 5.76. The molecule has 0 saturated heterocycles. The van der Waals surface area contributed by atoms with Crippen LogP contribution in [0.4, 0.5) is 10.5 Å². The summed E-state index contributed by atoms with van der Waals surface area (Å²) in [7, 11) is 0. The Labute approximate surface area is 147 Å². The molecule has 2 amide bonds. The van der Waals surface area contributed by atoms with E-state index in [1.807, 2.05) is 45.0 Å². The standard InChI is InChI=1S/C19H21ClN2O2/c1-12(2)13-6-5-7-14(10-13)19(3,4)22-18(24)21-15-8-9-16(20)17(23)11-15/h5-11,23H,1H2,2-4H3,(H2,21,22,24). The molecule has 0 spiro atoms. The number of halogens is 1. The third-order valence-corrected chi connectivity index (χ3v) is 4.03. The van der Waals surface area contributed by atoms with E-state index in [-0.39, 0.29) is 16.8 Å². The molecule has 126 valence electrons. The first kappa shape index (κ1) is 17.9. The molecule has 4 nitrogen and oxygen atoms in total. The monoisotopic (exact) mass is 344 g/mol. The molecule has 2 aromatic rings. The second kappa shape index (κ2) is 6.97. The quantitative estimate of drug-likeness (QED) is 0.719. The summed E-state index contributed by atoms with van der Waals surface area (Å²) in [5, 5.41) is 15.4. The number of aromatic hydroxyl groups is 1. The third-order valence-electron chi connectivity index (χ3n) is 3.71. The lowest BCUT2D eigenvalue weighted by Crippen LogP contribution is -2.43. The largest absolute Gasteiger partial charge is 0.506 e. The van der Waals surface area contributed by atoms with E-state index < -0.39 is 5.54 Å². The maximum Gasteiger partial charge on any atom is 0.319 e. The van der Waals surface area contributed by atoms with E-state index in [1.54, 1.807) is 6.07 Å². The van der Waals surface area contributed by atoms with Crippen LogP contribution in [0.3, 0.4) is 0 Å². The van der Waals surface area contributed by atoms with Gasteiger partial charge in [0.1, 0.15) is 5.75 Å². The van der Waals surface area contributed by atoms with Crippen LogP contribution in [0.25, 0.3) is 5.57 Å². The number of carbonyl (C=O) groups excluding carboxylic acids is 1. The van der Waals surface area contributed by atoms with Gasteiger partial charge in [0.15, 0.2) is 0 Å². The molecule has 2 aromatic carbocycles. The van der Waals surface area contributed by atoms with Crippen LogP contribution in [0.2, 0.25) is 5.02 Å². The van der Waals surface area contributed by atoms with E-state index in [1.165, 1.54) is 12.1 Å². The van der Waals surface area contributed by atoms with Crippen molar-refractivity contribution in [2.24, 2.45) is 0 Å². The van der Waals surface area contributed by atoms with Crippen LogP contribution in [-0.2, 0) is 5.54 Å². The van der Waals surface area contributed by atoms with Gasteiger partial charge in [-0.15, -0.1) is 0 Å². The molecule has 0 saturated carbocycles. The zero-order valence-electron chi connectivity index (χ0n) is 14.0. The van der Waals surface area contributed by atoms with Gasteiger partial charge in [-0.3, -0.25) is 0 Å². The molecule has 0 radical (unpaired) electrons. The zero-order chi connectivity index (χ0) is 17.9. The fourth-order valence-electron chi connectivity index (χ4n) is 2.28. The van der Waals surface area contributed by atoms with Crippen molar-refractivity contribution in [2.75, 3.05) is 5.32 Å². The van der Waals surface area contributed by atoms with Crippen molar-refractivity contribution in [3.63, 3.8) is 0 Å². The number of amides is 2. The predicted octanol–water partition coefficient (Wildman–Crippen LogP) is 5.14. The van der Waals surface area contributed by atoms with Gasteiger partial charge in [-0.05, 0) is 50.1 Å². The van der Waals surface area contributed by atoms with Crippen molar-refractivity contribution in [1.29, 1.82) is 0 Å². The molecule has 0 bridgehead atoms. The highest BCUT2D eigenvalue weighted by molar-refractivity contribution is 6.32. The molecule has 0 aromatic heterocycles. The summed E-state index contributed by atoms with van der Waals surface area (Å²) in [5.74, 6) is -0.0807. The molecule has 0 atom stereocenters. The Kier molecular flexibility index (Phi) is 5.20. The first-order chi connectivity index (χ1) is 11.2. The highest BCUT2D eigenvalue weighted by atomic mass is 35.5. The number of hydrogen-bond acceptors (Lipinski definition) is 2. The summed E-state index contributed by atoms with van der Waals surface area (Å²) in [5.41, 5.74) is 2.85. The number of carbonyl (C=O) groups is 1. The summed E-state index contributed by atoms with van der Waals surface area (Å²) in [6.07, 6.45) is 0. The minimum atomic E-state index is -0.579. The summed E-state index contributed by atoms with van der Waals surface area (Å²) in [6, 6.07) is 12.1. The van der Waals surface area contributed by atoms with Gasteiger partial charge in [-0.2, -0.15) is 0 Å².